The molecule has 1 saturated heterocycles. The van der Waals surface area contributed by atoms with Crippen LogP contribution in [0.25, 0.3) is 5.57 Å². The summed E-state index contributed by atoms with van der Waals surface area (Å²) in [6, 6.07) is 6.78. The molecule has 4 heteroatoms. The number of hydrogen-bond donors (Lipinski definition) is 1. The quantitative estimate of drug-likeness (QED) is 0.730. The topological polar surface area (TPSA) is 46.5 Å². The van der Waals surface area contributed by atoms with Crippen LogP contribution >= 0.6 is 0 Å². The third kappa shape index (κ3) is 4.78. The first-order valence-corrected chi connectivity index (χ1v) is 9.92. The van der Waals surface area contributed by atoms with Crippen LogP contribution in [-0.4, -0.2) is 23.3 Å². The van der Waals surface area contributed by atoms with Crippen molar-refractivity contribution >= 4 is 11.5 Å². The van der Waals surface area contributed by atoms with Crippen molar-refractivity contribution < 1.29 is 19.0 Å². The third-order valence-electron chi connectivity index (χ3n) is 5.90. The third-order valence-corrected chi connectivity index (χ3v) is 5.90. The number of carbonyl (C=O) groups excluding carboxylic acids is 1. The van der Waals surface area contributed by atoms with Crippen molar-refractivity contribution in [2.24, 2.45) is 10.8 Å². The van der Waals surface area contributed by atoms with Crippen LogP contribution in [0.3, 0.4) is 0 Å². The highest BCUT2D eigenvalue weighted by Gasteiger charge is 2.39. The molecule has 3 nitrogen and oxygen atoms in total. The number of ether oxygens (including phenoxy) is 1. The van der Waals surface area contributed by atoms with Crippen LogP contribution in [0, 0.1) is 16.6 Å². The molecule has 1 heterocycles. The van der Waals surface area contributed by atoms with Gasteiger partial charge in [0.2, 0.25) is 0 Å². The molecule has 2 atom stereocenters. The van der Waals surface area contributed by atoms with E-state index in [9.17, 15) is 14.3 Å². The monoisotopic (exact) mass is 374 g/mol. The van der Waals surface area contributed by atoms with Crippen molar-refractivity contribution in [3.8, 4) is 0 Å². The number of carbonyl (C=O) groups is 1. The molecule has 1 aromatic carbocycles. The number of halogens is 1. The molecular weight excluding hydrogens is 343 g/mol. The fraction of sp³-hybridized carbons (Fsp3) is 0.609. The number of aliphatic hydroxyl groups is 1. The Labute approximate surface area is 161 Å². The standard InChI is InChI=1S/C23H31FO3/c1-22(2)13-19(15-5-7-16(24)8-6-15)20(23(3,4)14-22)10-9-18-11-17(25)12-21(26)27-18/h5-8,17-18,25H,9-14H2,1-4H3/t17-,18-/m1/s1. The number of aliphatic hydroxyl groups excluding tert-OH is 1. The summed E-state index contributed by atoms with van der Waals surface area (Å²) >= 11 is 0. The van der Waals surface area contributed by atoms with E-state index in [1.54, 1.807) is 0 Å². The Morgan fingerprint density at radius 1 is 1.19 bits per heavy atom. The Kier molecular flexibility index (Phi) is 5.49. The molecule has 27 heavy (non-hydrogen) atoms. The van der Waals surface area contributed by atoms with Gasteiger partial charge < -0.3 is 9.84 Å². The first-order chi connectivity index (χ1) is 12.6. The molecule has 1 aromatic rings. The van der Waals surface area contributed by atoms with Gasteiger partial charge in [-0.25, -0.2) is 4.39 Å². The van der Waals surface area contributed by atoms with Crippen molar-refractivity contribution in [3.05, 3.63) is 41.2 Å². The van der Waals surface area contributed by atoms with Crippen LogP contribution in [0.2, 0.25) is 0 Å². The minimum atomic E-state index is -0.597. The van der Waals surface area contributed by atoms with Gasteiger partial charge in [0.1, 0.15) is 11.9 Å². The van der Waals surface area contributed by atoms with E-state index in [1.165, 1.54) is 23.3 Å². The number of rotatable bonds is 4. The summed E-state index contributed by atoms with van der Waals surface area (Å²) in [5, 5.41) is 9.87. The minimum absolute atomic E-state index is 0.0166. The minimum Gasteiger partial charge on any atom is -0.462 e. The molecule has 1 fully saturated rings. The van der Waals surface area contributed by atoms with Crippen LogP contribution in [-0.2, 0) is 9.53 Å². The van der Waals surface area contributed by atoms with E-state index in [0.717, 1.165) is 24.8 Å². The average Bonchev–Trinajstić information content (AvgIpc) is 2.51. The number of cyclic esters (lactones) is 1. The van der Waals surface area contributed by atoms with Gasteiger partial charge in [-0.3, -0.25) is 4.79 Å². The van der Waals surface area contributed by atoms with E-state index in [0.29, 0.717) is 12.8 Å². The van der Waals surface area contributed by atoms with E-state index in [-0.39, 0.29) is 35.1 Å². The zero-order valence-corrected chi connectivity index (χ0v) is 16.8. The fourth-order valence-electron chi connectivity index (χ4n) is 5.12. The molecule has 0 bridgehead atoms. The van der Waals surface area contributed by atoms with Gasteiger partial charge in [-0.1, -0.05) is 45.4 Å². The Morgan fingerprint density at radius 2 is 1.85 bits per heavy atom. The maximum atomic E-state index is 13.4. The van der Waals surface area contributed by atoms with Crippen molar-refractivity contribution in [2.45, 2.75) is 78.4 Å². The molecule has 1 aliphatic heterocycles. The molecule has 0 amide bonds. The predicted octanol–water partition coefficient (Wildman–Crippen LogP) is 5.27. The van der Waals surface area contributed by atoms with Crippen molar-refractivity contribution in [2.75, 3.05) is 0 Å². The molecule has 148 valence electrons. The second-order valence-corrected chi connectivity index (χ2v) is 9.61. The largest absolute Gasteiger partial charge is 0.462 e. The molecule has 2 aliphatic rings. The van der Waals surface area contributed by atoms with Gasteiger partial charge in [0.05, 0.1) is 12.5 Å². The SMILES string of the molecule is CC1(C)CC(c2ccc(F)cc2)=C(CC[C@@H]2C[C@@H](O)CC(=O)O2)C(C)(C)C1. The summed E-state index contributed by atoms with van der Waals surface area (Å²) in [5.41, 5.74) is 3.92. The summed E-state index contributed by atoms with van der Waals surface area (Å²) < 4.78 is 18.9. The summed E-state index contributed by atoms with van der Waals surface area (Å²) in [4.78, 5) is 11.6. The predicted molar refractivity (Wildman–Crippen MR) is 104 cm³/mol. The molecule has 1 aliphatic carbocycles. The van der Waals surface area contributed by atoms with E-state index in [4.69, 9.17) is 4.74 Å². The summed E-state index contributed by atoms with van der Waals surface area (Å²) in [7, 11) is 0. The lowest BCUT2D eigenvalue weighted by atomic mass is 9.60. The lowest BCUT2D eigenvalue weighted by Crippen LogP contribution is -2.34. The summed E-state index contributed by atoms with van der Waals surface area (Å²) in [6.45, 7) is 9.12. The second-order valence-electron chi connectivity index (χ2n) is 9.61. The molecule has 0 aromatic heterocycles. The lowest BCUT2D eigenvalue weighted by molar-refractivity contribution is -0.160. The Bertz CT molecular complexity index is 730. The van der Waals surface area contributed by atoms with Gasteiger partial charge in [0.25, 0.3) is 0 Å². The Balaban J connectivity index is 1.90. The van der Waals surface area contributed by atoms with Gasteiger partial charge in [-0.2, -0.15) is 0 Å². The maximum Gasteiger partial charge on any atom is 0.308 e. The molecule has 0 radical (unpaired) electrons. The molecule has 0 saturated carbocycles. The first-order valence-electron chi connectivity index (χ1n) is 9.92. The van der Waals surface area contributed by atoms with Gasteiger partial charge in [0, 0.05) is 6.42 Å². The average molecular weight is 374 g/mol. The van der Waals surface area contributed by atoms with Crippen LogP contribution in [0.1, 0.15) is 71.8 Å². The van der Waals surface area contributed by atoms with Gasteiger partial charge in [-0.05, 0) is 59.8 Å². The van der Waals surface area contributed by atoms with Crippen molar-refractivity contribution in [1.82, 2.24) is 0 Å². The van der Waals surface area contributed by atoms with Crippen LogP contribution in [0.4, 0.5) is 4.39 Å². The molecule has 3 rings (SSSR count). The number of allylic oxidation sites excluding steroid dienone is 2. The Hall–Kier alpha value is -1.68. The molecular formula is C23H31FO3. The van der Waals surface area contributed by atoms with Crippen LogP contribution in [0.5, 0.6) is 0 Å². The molecule has 0 unspecified atom stereocenters. The van der Waals surface area contributed by atoms with E-state index in [2.05, 4.69) is 27.7 Å². The Morgan fingerprint density at radius 3 is 2.48 bits per heavy atom. The number of benzene rings is 1. The van der Waals surface area contributed by atoms with Gasteiger partial charge in [-0.15, -0.1) is 0 Å². The summed E-state index contributed by atoms with van der Waals surface area (Å²) in [5.74, 6) is -0.533. The summed E-state index contributed by atoms with van der Waals surface area (Å²) in [6.07, 6.45) is 3.34. The highest BCUT2D eigenvalue weighted by molar-refractivity contribution is 5.72. The number of hydrogen-bond acceptors (Lipinski definition) is 3. The van der Waals surface area contributed by atoms with E-state index < -0.39 is 6.10 Å². The van der Waals surface area contributed by atoms with Gasteiger partial charge >= 0.3 is 5.97 Å². The lowest BCUT2D eigenvalue weighted by Gasteiger charge is -2.45. The van der Waals surface area contributed by atoms with Crippen LogP contribution < -0.4 is 0 Å². The van der Waals surface area contributed by atoms with Crippen molar-refractivity contribution in [1.29, 1.82) is 0 Å². The normalized spacial score (nSPS) is 27.4. The van der Waals surface area contributed by atoms with E-state index in [1.807, 2.05) is 12.1 Å². The van der Waals surface area contributed by atoms with E-state index >= 15 is 0 Å². The zero-order chi connectivity index (χ0) is 19.8. The highest BCUT2D eigenvalue weighted by atomic mass is 19.1. The first kappa shape index (κ1) is 20.1. The van der Waals surface area contributed by atoms with Crippen LogP contribution in [0.15, 0.2) is 29.8 Å². The number of esters is 1. The van der Waals surface area contributed by atoms with Crippen molar-refractivity contribution in [3.63, 3.8) is 0 Å². The second kappa shape index (κ2) is 7.38. The maximum absolute atomic E-state index is 13.4. The molecule has 0 spiro atoms. The van der Waals surface area contributed by atoms with Gasteiger partial charge in [0.15, 0.2) is 0 Å². The zero-order valence-electron chi connectivity index (χ0n) is 16.8. The molecule has 1 N–H and O–H groups in total. The smallest absolute Gasteiger partial charge is 0.308 e. The highest BCUT2D eigenvalue weighted by Crippen LogP contribution is 2.53. The fourth-order valence-corrected chi connectivity index (χ4v) is 5.12.